The molecule has 4 aromatic heterocycles. The number of carbonyl (C=O) groups excluding carboxylic acids is 1. The smallest absolute Gasteiger partial charge is 0.231 e. The number of nitrogens with one attached hydrogen (secondary N) is 2. The molecule has 0 radical (unpaired) electrons. The van der Waals surface area contributed by atoms with Crippen LogP contribution in [0.1, 0.15) is 100 Å². The third kappa shape index (κ3) is 7.76. The molecule has 5 heterocycles. The van der Waals surface area contributed by atoms with Gasteiger partial charge in [-0.15, -0.1) is 10.2 Å². The van der Waals surface area contributed by atoms with Crippen LogP contribution < -0.4 is 10.6 Å². The topological polar surface area (TPSA) is 138 Å². The predicted octanol–water partition coefficient (Wildman–Crippen LogP) is 8.20. The summed E-state index contributed by atoms with van der Waals surface area (Å²) in [5.74, 6) is -0.182. The Balaban J connectivity index is 0.839. The van der Waals surface area contributed by atoms with Crippen molar-refractivity contribution < 1.29 is 19.0 Å². The Hall–Kier alpha value is -4.14. The first-order valence-corrected chi connectivity index (χ1v) is 21.2. The van der Waals surface area contributed by atoms with Gasteiger partial charge in [0.05, 0.1) is 41.3 Å². The lowest BCUT2D eigenvalue weighted by Gasteiger charge is -2.69. The van der Waals surface area contributed by atoms with Crippen LogP contribution in [0.3, 0.4) is 0 Å². The fraction of sp³-hybridized carbons (Fsp3) is 0.545. The first kappa shape index (κ1) is 38.4. The predicted molar refractivity (Wildman–Crippen MR) is 221 cm³/mol. The highest BCUT2D eigenvalue weighted by Gasteiger charge is 2.66. The summed E-state index contributed by atoms with van der Waals surface area (Å²) in [5.41, 5.74) is 5.90. The van der Waals surface area contributed by atoms with E-state index < -0.39 is 5.79 Å². The fourth-order valence-electron chi connectivity index (χ4n) is 11.6. The number of para-hydroxylation sites is 1. The summed E-state index contributed by atoms with van der Waals surface area (Å²) in [6.07, 6.45) is 11.8. The lowest BCUT2D eigenvalue weighted by molar-refractivity contribution is -0.247. The molecule has 1 saturated heterocycles. The Bertz CT molecular complexity index is 2250. The Kier molecular flexibility index (Phi) is 9.63. The maximum atomic E-state index is 13.5. The van der Waals surface area contributed by atoms with Crippen LogP contribution in [-0.4, -0.2) is 79.5 Å². The van der Waals surface area contributed by atoms with Crippen LogP contribution >= 0.6 is 11.3 Å². The second kappa shape index (κ2) is 14.3. The lowest BCUT2D eigenvalue weighted by Crippen LogP contribution is -2.64. The normalized spacial score (nSPS) is 28.7. The van der Waals surface area contributed by atoms with E-state index >= 15 is 0 Å². The summed E-state index contributed by atoms with van der Waals surface area (Å²) < 4.78 is 21.9. The first-order chi connectivity index (χ1) is 27.2. The van der Waals surface area contributed by atoms with Crippen LogP contribution in [-0.2, 0) is 20.8 Å². The van der Waals surface area contributed by atoms with Crippen LogP contribution in [0.15, 0.2) is 54.9 Å². The van der Waals surface area contributed by atoms with E-state index in [0.29, 0.717) is 24.7 Å². The molecule has 13 heteroatoms. The van der Waals surface area contributed by atoms with Crippen LogP contribution in [0.5, 0.6) is 0 Å². The van der Waals surface area contributed by atoms with E-state index in [4.69, 9.17) is 19.3 Å². The second-order valence-electron chi connectivity index (χ2n) is 18.6. The standard InChI is InChI=1S/C44H54N8O4S/c1-28-17-35(50-51-38(28)49-39-48-33-9-7-8-10-36(33)57-39)37(53)34-12-11-30(18-46-34)32-19-47-52(29(32)2)27-43-22-41(5)21-42(6,23-43)25-44(24-41,26-43)54-16-15-45-14-13-31-20-55-40(3,4)56-31/h7-12,17-19,31,45H,13-16,20-27H2,1-6H3,(H,48,49,51). The molecule has 57 heavy (non-hydrogen) atoms. The molecule has 1 aliphatic heterocycles. The molecule has 4 aliphatic carbocycles. The van der Waals surface area contributed by atoms with Gasteiger partial charge >= 0.3 is 0 Å². The van der Waals surface area contributed by atoms with E-state index in [1.165, 1.54) is 19.3 Å². The maximum absolute atomic E-state index is 13.5. The minimum Gasteiger partial charge on any atom is -0.374 e. The van der Waals surface area contributed by atoms with Gasteiger partial charge in [0.1, 0.15) is 11.4 Å². The number of anilines is 2. The Morgan fingerprint density at radius 3 is 2.47 bits per heavy atom. The third-order valence-electron chi connectivity index (χ3n) is 12.7. The van der Waals surface area contributed by atoms with Gasteiger partial charge in [0, 0.05) is 36.1 Å². The van der Waals surface area contributed by atoms with Gasteiger partial charge in [-0.1, -0.05) is 43.4 Å². The molecule has 0 spiro atoms. The fourth-order valence-corrected chi connectivity index (χ4v) is 12.4. The summed E-state index contributed by atoms with van der Waals surface area (Å²) in [7, 11) is 0. The summed E-state index contributed by atoms with van der Waals surface area (Å²) in [6, 6.07) is 13.4. The van der Waals surface area contributed by atoms with Gasteiger partial charge in [0.15, 0.2) is 16.7 Å². The van der Waals surface area contributed by atoms with Crippen LogP contribution in [0, 0.1) is 30.1 Å². The first-order valence-electron chi connectivity index (χ1n) is 20.4. The van der Waals surface area contributed by atoms with Crippen molar-refractivity contribution in [2.45, 2.75) is 111 Å². The number of pyridine rings is 1. The molecule has 3 atom stereocenters. The van der Waals surface area contributed by atoms with Crippen molar-refractivity contribution in [3.63, 3.8) is 0 Å². The average molecular weight is 791 g/mol. The molecule has 1 aromatic carbocycles. The lowest BCUT2D eigenvalue weighted by atomic mass is 9.39. The number of aryl methyl sites for hydroxylation is 1. The van der Waals surface area contributed by atoms with E-state index in [2.05, 4.69) is 56.3 Å². The molecule has 3 unspecified atom stereocenters. The summed E-state index contributed by atoms with van der Waals surface area (Å²) in [6.45, 7) is 17.0. The van der Waals surface area contributed by atoms with Gasteiger partial charge in [-0.25, -0.2) is 4.98 Å². The molecular weight excluding hydrogens is 737 g/mol. The molecule has 2 N–H and O–H groups in total. The largest absolute Gasteiger partial charge is 0.374 e. The molecule has 4 saturated carbocycles. The van der Waals surface area contributed by atoms with Crippen molar-refractivity contribution in [2.24, 2.45) is 16.2 Å². The number of ketones is 1. The van der Waals surface area contributed by atoms with Crippen molar-refractivity contribution in [3.05, 3.63) is 77.5 Å². The van der Waals surface area contributed by atoms with Gasteiger partial charge in [-0.2, -0.15) is 5.10 Å². The summed E-state index contributed by atoms with van der Waals surface area (Å²) in [5, 5.41) is 21.1. The quantitative estimate of drug-likeness (QED) is 0.0832. The van der Waals surface area contributed by atoms with Gasteiger partial charge in [-0.3, -0.25) is 14.5 Å². The zero-order valence-corrected chi connectivity index (χ0v) is 34.8. The maximum Gasteiger partial charge on any atom is 0.231 e. The number of thiazole rings is 1. The van der Waals surface area contributed by atoms with Crippen molar-refractivity contribution in [1.29, 1.82) is 0 Å². The van der Waals surface area contributed by atoms with Gasteiger partial charge in [0.2, 0.25) is 5.78 Å². The average Bonchev–Trinajstić information content (AvgIpc) is 3.83. The third-order valence-corrected chi connectivity index (χ3v) is 13.6. The number of aromatic nitrogens is 6. The minimum atomic E-state index is -0.474. The SMILES string of the molecule is Cc1cc(C(=O)c2ccc(-c3cnn(CC45CC6(C)CC(C)(C4)CC(OCCNCCC4COC(C)(C)O4)(C6)C5)c3C)cn2)nnc1Nc1nc2ccccc2s1. The highest BCUT2D eigenvalue weighted by Crippen LogP contribution is 2.72. The van der Waals surface area contributed by atoms with E-state index in [-0.39, 0.29) is 39.4 Å². The number of ether oxygens (including phenoxy) is 3. The molecule has 5 aliphatic rings. The van der Waals surface area contributed by atoms with Crippen LogP contribution in [0.4, 0.5) is 10.9 Å². The van der Waals surface area contributed by atoms with Crippen molar-refractivity contribution in [2.75, 3.05) is 31.6 Å². The van der Waals surface area contributed by atoms with Crippen LogP contribution in [0.25, 0.3) is 21.3 Å². The second-order valence-corrected chi connectivity index (χ2v) is 19.7. The summed E-state index contributed by atoms with van der Waals surface area (Å²) >= 11 is 1.55. The number of rotatable bonds is 14. The molecule has 300 valence electrons. The highest BCUT2D eigenvalue weighted by atomic mass is 32.1. The number of benzene rings is 1. The van der Waals surface area contributed by atoms with Gasteiger partial charge < -0.3 is 24.8 Å². The number of carbonyl (C=O) groups is 1. The minimum absolute atomic E-state index is 0.0985. The number of nitrogens with zero attached hydrogens (tertiary/aromatic N) is 6. The molecular formula is C44H54N8O4S. The zero-order chi connectivity index (χ0) is 39.6. The van der Waals surface area contributed by atoms with Gasteiger partial charge in [0.25, 0.3) is 0 Å². The Morgan fingerprint density at radius 2 is 1.75 bits per heavy atom. The monoisotopic (exact) mass is 790 g/mol. The molecule has 4 bridgehead atoms. The van der Waals surface area contributed by atoms with Gasteiger partial charge in [-0.05, 0) is 125 Å². The van der Waals surface area contributed by atoms with Crippen molar-refractivity contribution >= 4 is 38.3 Å². The van der Waals surface area contributed by atoms with Crippen molar-refractivity contribution in [3.8, 4) is 11.1 Å². The number of hydrogen-bond donors (Lipinski definition) is 2. The van der Waals surface area contributed by atoms with E-state index in [0.717, 1.165) is 83.1 Å². The van der Waals surface area contributed by atoms with Crippen LogP contribution in [0.2, 0.25) is 0 Å². The molecule has 10 rings (SSSR count). The highest BCUT2D eigenvalue weighted by molar-refractivity contribution is 7.22. The summed E-state index contributed by atoms with van der Waals surface area (Å²) in [4.78, 5) is 22.7. The number of hydrogen-bond acceptors (Lipinski definition) is 12. The van der Waals surface area contributed by atoms with Crippen molar-refractivity contribution in [1.82, 2.24) is 35.3 Å². The molecule has 12 nitrogen and oxygen atoms in total. The zero-order valence-electron chi connectivity index (χ0n) is 34.0. The van der Waals surface area contributed by atoms with E-state index in [9.17, 15) is 4.79 Å². The van der Waals surface area contributed by atoms with E-state index in [1.54, 1.807) is 29.7 Å². The Labute approximate surface area is 338 Å². The Morgan fingerprint density at radius 1 is 0.947 bits per heavy atom. The molecule has 5 aromatic rings. The number of fused-ring (bicyclic) bond motifs is 1. The molecule has 0 amide bonds. The molecule has 5 fully saturated rings. The van der Waals surface area contributed by atoms with E-state index in [1.807, 2.05) is 57.3 Å².